The molecule has 1 aromatic carbocycles. The average Bonchev–Trinajstić information content (AvgIpc) is 2.47. The van der Waals surface area contributed by atoms with Gasteiger partial charge < -0.3 is 15.0 Å². The van der Waals surface area contributed by atoms with Gasteiger partial charge in [0.1, 0.15) is 0 Å². The van der Waals surface area contributed by atoms with Crippen molar-refractivity contribution >= 4 is 5.96 Å². The lowest BCUT2D eigenvalue weighted by Gasteiger charge is -2.22. The molecule has 1 aromatic rings. The summed E-state index contributed by atoms with van der Waals surface area (Å²) in [4.78, 5) is 6.79. The summed E-state index contributed by atoms with van der Waals surface area (Å²) in [6, 6.07) is 10.4. The van der Waals surface area contributed by atoms with Crippen LogP contribution >= 0.6 is 0 Å². The predicted molar refractivity (Wildman–Crippen MR) is 85.0 cm³/mol. The Hall–Kier alpha value is -1.55. The minimum atomic E-state index is 0.775. The summed E-state index contributed by atoms with van der Waals surface area (Å²) in [6.07, 6.45) is 0.960. The average molecular weight is 277 g/mol. The lowest BCUT2D eigenvalue weighted by atomic mass is 10.2. The Morgan fingerprint density at radius 2 is 2.00 bits per heavy atom. The highest BCUT2D eigenvalue weighted by Gasteiger charge is 2.05. The number of hydrogen-bond donors (Lipinski definition) is 1. The van der Waals surface area contributed by atoms with E-state index in [0.29, 0.717) is 0 Å². The van der Waals surface area contributed by atoms with E-state index in [4.69, 9.17) is 4.74 Å². The smallest absolute Gasteiger partial charge is 0.193 e. The van der Waals surface area contributed by atoms with Gasteiger partial charge in [0.15, 0.2) is 5.96 Å². The lowest BCUT2D eigenvalue weighted by Crippen LogP contribution is -2.38. The van der Waals surface area contributed by atoms with Crippen LogP contribution in [0.25, 0.3) is 0 Å². The second-order valence-corrected chi connectivity index (χ2v) is 4.63. The molecule has 0 radical (unpaired) electrons. The van der Waals surface area contributed by atoms with Crippen molar-refractivity contribution in [2.75, 3.05) is 33.4 Å². The summed E-state index contributed by atoms with van der Waals surface area (Å²) in [6.45, 7) is 8.19. The molecule has 0 heterocycles. The normalized spacial score (nSPS) is 11.4. The largest absolute Gasteiger partial charge is 0.382 e. The molecule has 0 saturated heterocycles. The van der Waals surface area contributed by atoms with E-state index in [1.54, 1.807) is 0 Å². The zero-order chi connectivity index (χ0) is 14.6. The number of benzene rings is 1. The quantitative estimate of drug-likeness (QED) is 0.451. The molecule has 0 saturated carbocycles. The highest BCUT2D eigenvalue weighted by molar-refractivity contribution is 5.79. The summed E-state index contributed by atoms with van der Waals surface area (Å²) in [5.41, 5.74) is 1.29. The Morgan fingerprint density at radius 3 is 2.65 bits per heavy atom. The third-order valence-corrected chi connectivity index (χ3v) is 2.87. The van der Waals surface area contributed by atoms with Crippen LogP contribution in [0.15, 0.2) is 35.3 Å². The van der Waals surface area contributed by atoms with Crippen LogP contribution in [-0.4, -0.2) is 44.2 Å². The first-order valence-electron chi connectivity index (χ1n) is 7.39. The van der Waals surface area contributed by atoms with E-state index in [-0.39, 0.29) is 0 Å². The molecule has 0 unspecified atom stereocenters. The predicted octanol–water partition coefficient (Wildman–Crippen LogP) is 2.51. The van der Waals surface area contributed by atoms with Crippen molar-refractivity contribution in [2.24, 2.45) is 4.99 Å². The van der Waals surface area contributed by atoms with Gasteiger partial charge in [-0.3, -0.25) is 4.99 Å². The molecule has 0 amide bonds. The summed E-state index contributed by atoms with van der Waals surface area (Å²) in [7, 11) is 2.07. The third-order valence-electron chi connectivity index (χ3n) is 2.87. The standard InChI is InChI=1S/C16H27N3O/c1-4-17-16(18-12-9-13-20-5-2)19(3)14-15-10-7-6-8-11-15/h6-8,10-11H,4-5,9,12-14H2,1-3H3,(H,17,18). The van der Waals surface area contributed by atoms with Gasteiger partial charge in [0, 0.05) is 39.9 Å². The van der Waals surface area contributed by atoms with Crippen molar-refractivity contribution in [1.29, 1.82) is 0 Å². The summed E-state index contributed by atoms with van der Waals surface area (Å²) in [5, 5.41) is 3.33. The molecule has 0 aliphatic heterocycles. The minimum absolute atomic E-state index is 0.775. The maximum atomic E-state index is 5.33. The maximum absolute atomic E-state index is 5.33. The van der Waals surface area contributed by atoms with Gasteiger partial charge >= 0.3 is 0 Å². The summed E-state index contributed by atoms with van der Waals surface area (Å²) < 4.78 is 5.33. The first-order chi connectivity index (χ1) is 9.77. The molecule has 0 aliphatic rings. The number of nitrogens with one attached hydrogen (secondary N) is 1. The number of hydrogen-bond acceptors (Lipinski definition) is 2. The zero-order valence-corrected chi connectivity index (χ0v) is 12.9. The molecule has 112 valence electrons. The molecule has 0 aliphatic carbocycles. The third kappa shape index (κ3) is 6.57. The highest BCUT2D eigenvalue weighted by atomic mass is 16.5. The first kappa shape index (κ1) is 16.5. The topological polar surface area (TPSA) is 36.9 Å². The maximum Gasteiger partial charge on any atom is 0.193 e. The molecule has 4 heteroatoms. The monoisotopic (exact) mass is 277 g/mol. The minimum Gasteiger partial charge on any atom is -0.382 e. The van der Waals surface area contributed by atoms with Gasteiger partial charge in [0.2, 0.25) is 0 Å². The second-order valence-electron chi connectivity index (χ2n) is 4.63. The van der Waals surface area contributed by atoms with Gasteiger partial charge in [-0.05, 0) is 25.8 Å². The van der Waals surface area contributed by atoms with Crippen LogP contribution < -0.4 is 5.32 Å². The Morgan fingerprint density at radius 1 is 1.25 bits per heavy atom. The van der Waals surface area contributed by atoms with E-state index in [0.717, 1.165) is 45.2 Å². The SMILES string of the molecule is CCNC(=NCCCOCC)N(C)Cc1ccccc1. The van der Waals surface area contributed by atoms with Gasteiger partial charge in [0.25, 0.3) is 0 Å². The summed E-state index contributed by atoms with van der Waals surface area (Å²) in [5.74, 6) is 0.952. The van der Waals surface area contributed by atoms with E-state index in [2.05, 4.69) is 53.4 Å². The molecule has 0 bridgehead atoms. The van der Waals surface area contributed by atoms with E-state index in [1.165, 1.54) is 5.56 Å². The van der Waals surface area contributed by atoms with Crippen molar-refractivity contribution < 1.29 is 4.74 Å². The Balaban J connectivity index is 2.48. The highest BCUT2D eigenvalue weighted by Crippen LogP contribution is 2.03. The second kappa shape index (κ2) is 10.3. The van der Waals surface area contributed by atoms with Gasteiger partial charge in [-0.2, -0.15) is 0 Å². The Labute approximate surface area is 122 Å². The van der Waals surface area contributed by atoms with Crippen LogP contribution in [-0.2, 0) is 11.3 Å². The number of ether oxygens (including phenoxy) is 1. The van der Waals surface area contributed by atoms with Gasteiger partial charge in [-0.1, -0.05) is 30.3 Å². The van der Waals surface area contributed by atoms with Gasteiger partial charge in [0.05, 0.1) is 0 Å². The van der Waals surface area contributed by atoms with Crippen molar-refractivity contribution in [3.05, 3.63) is 35.9 Å². The molecule has 1 rings (SSSR count). The number of nitrogens with zero attached hydrogens (tertiary/aromatic N) is 2. The Bertz CT molecular complexity index is 379. The van der Waals surface area contributed by atoms with Crippen LogP contribution in [0.4, 0.5) is 0 Å². The molecule has 0 fully saturated rings. The molecule has 0 aromatic heterocycles. The molecule has 1 N–H and O–H groups in total. The van der Waals surface area contributed by atoms with Crippen molar-refractivity contribution in [1.82, 2.24) is 10.2 Å². The molecule has 20 heavy (non-hydrogen) atoms. The fourth-order valence-corrected chi connectivity index (χ4v) is 1.90. The van der Waals surface area contributed by atoms with Crippen molar-refractivity contribution in [2.45, 2.75) is 26.8 Å². The van der Waals surface area contributed by atoms with Crippen LogP contribution in [0, 0.1) is 0 Å². The Kier molecular flexibility index (Phi) is 8.47. The van der Waals surface area contributed by atoms with Crippen LogP contribution in [0.3, 0.4) is 0 Å². The molecule has 4 nitrogen and oxygen atoms in total. The molecule has 0 spiro atoms. The first-order valence-corrected chi connectivity index (χ1v) is 7.39. The van der Waals surface area contributed by atoms with Crippen LogP contribution in [0.5, 0.6) is 0 Å². The number of aliphatic imine (C=N–C) groups is 1. The van der Waals surface area contributed by atoms with E-state index < -0.39 is 0 Å². The fourth-order valence-electron chi connectivity index (χ4n) is 1.90. The van der Waals surface area contributed by atoms with Crippen molar-refractivity contribution in [3.8, 4) is 0 Å². The molecule has 0 atom stereocenters. The van der Waals surface area contributed by atoms with Gasteiger partial charge in [-0.25, -0.2) is 0 Å². The summed E-state index contributed by atoms with van der Waals surface area (Å²) >= 11 is 0. The van der Waals surface area contributed by atoms with Crippen molar-refractivity contribution in [3.63, 3.8) is 0 Å². The zero-order valence-electron chi connectivity index (χ0n) is 12.9. The van der Waals surface area contributed by atoms with Crippen LogP contribution in [0.1, 0.15) is 25.8 Å². The number of guanidine groups is 1. The number of rotatable bonds is 8. The van der Waals surface area contributed by atoms with E-state index in [9.17, 15) is 0 Å². The van der Waals surface area contributed by atoms with Gasteiger partial charge in [-0.15, -0.1) is 0 Å². The van der Waals surface area contributed by atoms with E-state index in [1.807, 2.05) is 13.0 Å². The van der Waals surface area contributed by atoms with Crippen LogP contribution in [0.2, 0.25) is 0 Å². The fraction of sp³-hybridized carbons (Fsp3) is 0.562. The molecular formula is C16H27N3O. The lowest BCUT2D eigenvalue weighted by molar-refractivity contribution is 0.146. The van der Waals surface area contributed by atoms with E-state index >= 15 is 0 Å². The molecular weight excluding hydrogens is 250 g/mol.